The maximum atomic E-state index is 12.2. The Balaban J connectivity index is 4.33. The van der Waals surface area contributed by atoms with E-state index in [1.165, 1.54) is 4.90 Å². The van der Waals surface area contributed by atoms with E-state index in [9.17, 15) is 13.2 Å². The van der Waals surface area contributed by atoms with E-state index < -0.39 is 12.7 Å². The van der Waals surface area contributed by atoms with Gasteiger partial charge < -0.3 is 5.73 Å². The topological polar surface area (TPSA) is 29.3 Å². The molecule has 0 aromatic heterocycles. The summed E-state index contributed by atoms with van der Waals surface area (Å²) in [6, 6.07) is -0.170. The number of rotatable bonds is 6. The second kappa shape index (κ2) is 6.33. The molecule has 0 saturated heterocycles. The molecule has 0 rings (SSSR count). The summed E-state index contributed by atoms with van der Waals surface area (Å²) in [4.78, 5) is 1.40. The molecule has 0 aliphatic heterocycles. The zero-order valence-electron chi connectivity index (χ0n) is 9.64. The lowest BCUT2D eigenvalue weighted by molar-refractivity contribution is -0.150. The minimum Gasteiger partial charge on any atom is -0.329 e. The number of hydrogen-bond donors (Lipinski definition) is 1. The minimum atomic E-state index is -4.14. The number of likely N-dealkylation sites (N-methyl/N-ethyl adjacent to an activating group) is 1. The Bertz CT molecular complexity index is 169. The predicted octanol–water partition coefficient (Wildman–Crippen LogP) is 2.24. The molecule has 5 heteroatoms. The molecule has 1 atom stereocenters. The summed E-state index contributed by atoms with van der Waals surface area (Å²) in [5.41, 5.74) is 5.51. The molecule has 0 aliphatic carbocycles. The van der Waals surface area contributed by atoms with Gasteiger partial charge in [0.25, 0.3) is 0 Å². The fraction of sp³-hybridized carbons (Fsp3) is 1.00. The number of nitrogens with zero attached hydrogens (tertiary/aromatic N) is 1. The lowest BCUT2D eigenvalue weighted by Gasteiger charge is -2.31. The van der Waals surface area contributed by atoms with Crippen molar-refractivity contribution in [3.8, 4) is 0 Å². The number of hydrogen-bond acceptors (Lipinski definition) is 2. The Morgan fingerprint density at radius 1 is 1.27 bits per heavy atom. The number of nitrogens with two attached hydrogens (primary N) is 1. The summed E-state index contributed by atoms with van der Waals surface area (Å²) in [6.45, 7) is 5.51. The van der Waals surface area contributed by atoms with Gasteiger partial charge in [0.05, 0.1) is 6.54 Å². The highest BCUT2D eigenvalue weighted by Crippen LogP contribution is 2.19. The van der Waals surface area contributed by atoms with Gasteiger partial charge in [0.15, 0.2) is 0 Å². The lowest BCUT2D eigenvalue weighted by Crippen LogP contribution is -2.45. The van der Waals surface area contributed by atoms with Gasteiger partial charge >= 0.3 is 6.18 Å². The molecule has 92 valence electrons. The van der Waals surface area contributed by atoms with Crippen LogP contribution in [0.1, 0.15) is 27.2 Å². The summed E-state index contributed by atoms with van der Waals surface area (Å²) < 4.78 is 36.7. The third-order valence-corrected chi connectivity index (χ3v) is 2.32. The highest BCUT2D eigenvalue weighted by Gasteiger charge is 2.32. The average Bonchev–Trinajstić information content (AvgIpc) is 2.08. The Labute approximate surface area is 89.6 Å². The largest absolute Gasteiger partial charge is 0.401 e. The Hall–Kier alpha value is -0.290. The highest BCUT2D eigenvalue weighted by atomic mass is 19.4. The lowest BCUT2D eigenvalue weighted by atomic mass is 10.0. The van der Waals surface area contributed by atoms with Gasteiger partial charge in [0, 0.05) is 12.6 Å². The zero-order chi connectivity index (χ0) is 12.1. The zero-order valence-corrected chi connectivity index (χ0v) is 9.64. The molecule has 0 aromatic rings. The maximum absolute atomic E-state index is 12.2. The van der Waals surface area contributed by atoms with Crippen LogP contribution in [0.15, 0.2) is 0 Å². The summed E-state index contributed by atoms with van der Waals surface area (Å²) in [5.74, 6) is 0.362. The van der Waals surface area contributed by atoms with Gasteiger partial charge in [0.2, 0.25) is 0 Å². The summed E-state index contributed by atoms with van der Waals surface area (Å²) in [5, 5.41) is 0. The van der Waals surface area contributed by atoms with Crippen LogP contribution in [-0.2, 0) is 0 Å². The van der Waals surface area contributed by atoms with Crippen molar-refractivity contribution >= 4 is 0 Å². The minimum absolute atomic E-state index is 0.170. The monoisotopic (exact) mass is 226 g/mol. The van der Waals surface area contributed by atoms with Crippen LogP contribution in [-0.4, -0.2) is 36.8 Å². The van der Waals surface area contributed by atoms with Gasteiger partial charge in [-0.05, 0) is 18.9 Å². The van der Waals surface area contributed by atoms with Crippen LogP contribution in [0.25, 0.3) is 0 Å². The third-order valence-electron chi connectivity index (χ3n) is 2.32. The van der Waals surface area contributed by atoms with E-state index in [2.05, 4.69) is 0 Å². The Morgan fingerprint density at radius 2 is 1.80 bits per heavy atom. The molecular formula is C10H21F3N2. The molecule has 0 amide bonds. The predicted molar refractivity (Wildman–Crippen MR) is 55.6 cm³/mol. The van der Waals surface area contributed by atoms with Gasteiger partial charge in [-0.25, -0.2) is 0 Å². The first-order valence-corrected chi connectivity index (χ1v) is 5.31. The van der Waals surface area contributed by atoms with Gasteiger partial charge in [-0.3, -0.25) is 4.90 Å². The fourth-order valence-electron chi connectivity index (χ4n) is 1.67. The second-order valence-corrected chi connectivity index (χ2v) is 4.20. The molecule has 2 nitrogen and oxygen atoms in total. The van der Waals surface area contributed by atoms with E-state index in [4.69, 9.17) is 5.73 Å². The van der Waals surface area contributed by atoms with Crippen molar-refractivity contribution < 1.29 is 13.2 Å². The maximum Gasteiger partial charge on any atom is 0.401 e. The molecule has 0 aromatic carbocycles. The molecule has 1 unspecified atom stereocenters. The van der Waals surface area contributed by atoms with Crippen molar-refractivity contribution in [1.29, 1.82) is 0 Å². The molecule has 0 heterocycles. The van der Waals surface area contributed by atoms with E-state index in [0.29, 0.717) is 18.9 Å². The SMILES string of the molecule is CCN(CC(F)(F)F)C(CN)CC(C)C. The van der Waals surface area contributed by atoms with Crippen molar-refractivity contribution in [1.82, 2.24) is 4.90 Å². The Morgan fingerprint density at radius 3 is 2.07 bits per heavy atom. The van der Waals surface area contributed by atoms with Crippen LogP contribution < -0.4 is 5.73 Å². The first-order valence-electron chi connectivity index (χ1n) is 5.31. The summed E-state index contributed by atoms with van der Waals surface area (Å²) >= 11 is 0. The van der Waals surface area contributed by atoms with E-state index in [-0.39, 0.29) is 12.6 Å². The first kappa shape index (κ1) is 14.7. The van der Waals surface area contributed by atoms with Crippen molar-refractivity contribution in [2.75, 3.05) is 19.6 Å². The average molecular weight is 226 g/mol. The number of halogens is 3. The van der Waals surface area contributed by atoms with Gasteiger partial charge in [-0.15, -0.1) is 0 Å². The fourth-order valence-corrected chi connectivity index (χ4v) is 1.67. The highest BCUT2D eigenvalue weighted by molar-refractivity contribution is 4.75. The summed E-state index contributed by atoms with van der Waals surface area (Å²) in [6.07, 6.45) is -3.43. The van der Waals surface area contributed by atoms with Crippen LogP contribution in [0, 0.1) is 5.92 Å². The van der Waals surface area contributed by atoms with E-state index >= 15 is 0 Å². The first-order chi connectivity index (χ1) is 6.80. The van der Waals surface area contributed by atoms with Gasteiger partial charge in [-0.2, -0.15) is 13.2 Å². The van der Waals surface area contributed by atoms with Crippen LogP contribution in [0.3, 0.4) is 0 Å². The van der Waals surface area contributed by atoms with E-state index in [1.807, 2.05) is 13.8 Å². The normalized spacial score (nSPS) is 15.0. The van der Waals surface area contributed by atoms with Crippen molar-refractivity contribution in [2.45, 2.75) is 39.4 Å². The van der Waals surface area contributed by atoms with Crippen LogP contribution in [0.4, 0.5) is 13.2 Å². The molecule has 0 radical (unpaired) electrons. The smallest absolute Gasteiger partial charge is 0.329 e. The van der Waals surface area contributed by atoms with E-state index in [1.54, 1.807) is 6.92 Å². The quantitative estimate of drug-likeness (QED) is 0.752. The molecule has 0 saturated carbocycles. The Kier molecular flexibility index (Phi) is 6.20. The van der Waals surface area contributed by atoms with Gasteiger partial charge in [-0.1, -0.05) is 20.8 Å². The standard InChI is InChI=1S/C10H21F3N2/c1-4-15(7-10(11,12)13)9(6-14)5-8(2)3/h8-9H,4-7,14H2,1-3H3. The van der Waals surface area contributed by atoms with Crippen LogP contribution >= 0.6 is 0 Å². The van der Waals surface area contributed by atoms with Crippen molar-refractivity contribution in [3.63, 3.8) is 0 Å². The van der Waals surface area contributed by atoms with Crippen LogP contribution in [0.2, 0.25) is 0 Å². The summed E-state index contributed by atoms with van der Waals surface area (Å²) in [7, 11) is 0. The molecule has 0 fully saturated rings. The molecule has 0 aliphatic rings. The van der Waals surface area contributed by atoms with Gasteiger partial charge in [0.1, 0.15) is 0 Å². The van der Waals surface area contributed by atoms with Crippen LogP contribution in [0.5, 0.6) is 0 Å². The molecule has 2 N–H and O–H groups in total. The third kappa shape index (κ3) is 6.73. The number of alkyl halides is 3. The van der Waals surface area contributed by atoms with Crippen molar-refractivity contribution in [3.05, 3.63) is 0 Å². The molecule has 15 heavy (non-hydrogen) atoms. The van der Waals surface area contributed by atoms with Crippen molar-refractivity contribution in [2.24, 2.45) is 11.7 Å². The second-order valence-electron chi connectivity index (χ2n) is 4.20. The van der Waals surface area contributed by atoms with E-state index in [0.717, 1.165) is 0 Å². The molecule has 0 spiro atoms. The molecular weight excluding hydrogens is 205 g/mol. The molecule has 0 bridgehead atoms.